The van der Waals surface area contributed by atoms with E-state index in [1.807, 2.05) is 0 Å². The quantitative estimate of drug-likeness (QED) is 0.661. The predicted molar refractivity (Wildman–Crippen MR) is 90.5 cm³/mol. The van der Waals surface area contributed by atoms with E-state index in [-0.39, 0.29) is 31.4 Å². The molecular weight excluding hydrogens is 369 g/mol. The molecule has 3 N–H and O–H groups in total. The van der Waals surface area contributed by atoms with Gasteiger partial charge in [-0.3, -0.25) is 19.3 Å². The lowest BCUT2D eigenvalue weighted by Crippen LogP contribution is -2.40. The first kappa shape index (κ1) is 21.5. The number of carbonyl (C=O) groups excluding carboxylic acids is 2. The number of hydrogen-bond acceptors (Lipinski definition) is 4. The van der Waals surface area contributed by atoms with Crippen molar-refractivity contribution < 1.29 is 19.5 Å². The Balaban J connectivity index is 0.00000484. The van der Waals surface area contributed by atoms with Gasteiger partial charge in [0.15, 0.2) is 0 Å². The molecule has 0 atom stereocenters. The Morgan fingerprint density at radius 3 is 2.30 bits per heavy atom. The highest BCUT2D eigenvalue weighted by Crippen LogP contribution is 2.24. The molecule has 23 heavy (non-hydrogen) atoms. The summed E-state index contributed by atoms with van der Waals surface area (Å²) in [5.74, 6) is -1.95. The second-order valence-corrected chi connectivity index (χ2v) is 5.33. The van der Waals surface area contributed by atoms with Crippen LogP contribution in [-0.4, -0.2) is 54.5 Å². The topological polar surface area (TPSA) is 98.7 Å². The van der Waals surface area contributed by atoms with Crippen LogP contribution >= 0.6 is 35.6 Å². The van der Waals surface area contributed by atoms with Crippen LogP contribution in [-0.2, 0) is 14.4 Å². The zero-order valence-corrected chi connectivity index (χ0v) is 14.5. The van der Waals surface area contributed by atoms with E-state index >= 15 is 0 Å². The zero-order valence-electron chi connectivity index (χ0n) is 12.1. The van der Waals surface area contributed by atoms with Crippen LogP contribution in [0.2, 0.25) is 10.0 Å². The van der Waals surface area contributed by atoms with Crippen molar-refractivity contribution in [2.45, 2.75) is 0 Å². The van der Waals surface area contributed by atoms with E-state index in [1.54, 1.807) is 19.2 Å². The van der Waals surface area contributed by atoms with Crippen molar-refractivity contribution in [1.29, 1.82) is 0 Å². The van der Waals surface area contributed by atoms with Gasteiger partial charge in [0.05, 0.1) is 23.1 Å². The molecule has 0 saturated carbocycles. The van der Waals surface area contributed by atoms with Gasteiger partial charge in [-0.1, -0.05) is 23.2 Å². The zero-order chi connectivity index (χ0) is 16.7. The van der Waals surface area contributed by atoms with Gasteiger partial charge in [-0.2, -0.15) is 0 Å². The largest absolute Gasteiger partial charge is 0.480 e. The first-order valence-corrected chi connectivity index (χ1v) is 6.95. The number of likely N-dealkylation sites (N-methyl/N-ethyl adjacent to an activating group) is 1. The molecule has 2 amide bonds. The van der Waals surface area contributed by atoms with Crippen molar-refractivity contribution in [3.63, 3.8) is 0 Å². The SMILES string of the molecule is CN(CC(=O)NCC(=O)O)CC(=O)Nc1ccc(Cl)c(Cl)c1.Cl. The first-order valence-electron chi connectivity index (χ1n) is 6.20. The Morgan fingerprint density at radius 2 is 1.74 bits per heavy atom. The van der Waals surface area contributed by atoms with E-state index in [2.05, 4.69) is 10.6 Å². The molecule has 0 saturated heterocycles. The molecule has 0 radical (unpaired) electrons. The third kappa shape index (κ3) is 8.61. The van der Waals surface area contributed by atoms with Gasteiger partial charge in [0.25, 0.3) is 0 Å². The normalized spacial score (nSPS) is 9.91. The predicted octanol–water partition coefficient (Wildman–Crippen LogP) is 1.49. The van der Waals surface area contributed by atoms with Gasteiger partial charge in [0, 0.05) is 5.69 Å². The summed E-state index contributed by atoms with van der Waals surface area (Å²) in [6.45, 7) is -0.592. The van der Waals surface area contributed by atoms with Crippen molar-refractivity contribution >= 4 is 59.1 Å². The molecule has 1 aromatic carbocycles. The van der Waals surface area contributed by atoms with Gasteiger partial charge < -0.3 is 15.7 Å². The number of carboxylic acid groups (broad SMARTS) is 1. The van der Waals surface area contributed by atoms with Crippen molar-refractivity contribution in [3.05, 3.63) is 28.2 Å². The van der Waals surface area contributed by atoms with E-state index in [4.69, 9.17) is 28.3 Å². The van der Waals surface area contributed by atoms with Crippen LogP contribution in [0.5, 0.6) is 0 Å². The Bertz CT molecular complexity index is 584. The van der Waals surface area contributed by atoms with Crippen molar-refractivity contribution in [1.82, 2.24) is 10.2 Å². The van der Waals surface area contributed by atoms with Crippen LogP contribution in [0.15, 0.2) is 18.2 Å². The minimum atomic E-state index is -1.13. The molecule has 128 valence electrons. The Morgan fingerprint density at radius 1 is 1.13 bits per heavy atom. The maximum absolute atomic E-state index is 11.8. The standard InChI is InChI=1S/C13H15Cl2N3O4.ClH/c1-18(6-11(19)16-5-13(21)22)7-12(20)17-8-2-3-9(14)10(15)4-8;/h2-4H,5-7H2,1H3,(H,16,19)(H,17,20)(H,21,22);1H. The van der Waals surface area contributed by atoms with Gasteiger partial charge >= 0.3 is 5.97 Å². The van der Waals surface area contributed by atoms with Crippen LogP contribution in [0, 0.1) is 0 Å². The van der Waals surface area contributed by atoms with E-state index < -0.39 is 18.4 Å². The monoisotopic (exact) mass is 383 g/mol. The molecule has 0 aliphatic carbocycles. The fourth-order valence-electron chi connectivity index (χ4n) is 1.55. The summed E-state index contributed by atoms with van der Waals surface area (Å²) < 4.78 is 0. The van der Waals surface area contributed by atoms with Gasteiger partial charge in [-0.05, 0) is 25.2 Å². The summed E-state index contributed by atoms with van der Waals surface area (Å²) in [5.41, 5.74) is 0.489. The minimum absolute atomic E-state index is 0. The fraction of sp³-hybridized carbons (Fsp3) is 0.308. The minimum Gasteiger partial charge on any atom is -0.480 e. The highest BCUT2D eigenvalue weighted by Gasteiger charge is 2.12. The second-order valence-electron chi connectivity index (χ2n) is 4.52. The molecule has 7 nitrogen and oxygen atoms in total. The Kier molecular flexibility index (Phi) is 9.59. The number of hydrogen-bond donors (Lipinski definition) is 3. The molecule has 0 bridgehead atoms. The summed E-state index contributed by atoms with van der Waals surface area (Å²) >= 11 is 11.6. The first-order chi connectivity index (χ1) is 10.3. The molecule has 10 heteroatoms. The van der Waals surface area contributed by atoms with Gasteiger partial charge in [-0.25, -0.2) is 0 Å². The van der Waals surface area contributed by atoms with Crippen molar-refractivity contribution in [2.75, 3.05) is 32.0 Å². The highest BCUT2D eigenvalue weighted by atomic mass is 35.5. The van der Waals surface area contributed by atoms with E-state index in [0.717, 1.165) is 0 Å². The molecule has 1 rings (SSSR count). The molecule has 0 spiro atoms. The van der Waals surface area contributed by atoms with Crippen LogP contribution in [0.1, 0.15) is 0 Å². The number of anilines is 1. The summed E-state index contributed by atoms with van der Waals surface area (Å²) in [4.78, 5) is 35.0. The Labute approximate surface area is 149 Å². The van der Waals surface area contributed by atoms with Crippen LogP contribution in [0.4, 0.5) is 5.69 Å². The molecular formula is C13H16Cl3N3O4. The van der Waals surface area contributed by atoms with E-state index in [0.29, 0.717) is 15.7 Å². The molecule has 0 unspecified atom stereocenters. The number of amides is 2. The van der Waals surface area contributed by atoms with Gasteiger partial charge in [-0.15, -0.1) is 12.4 Å². The van der Waals surface area contributed by atoms with Crippen molar-refractivity contribution in [2.24, 2.45) is 0 Å². The average Bonchev–Trinajstić information content (AvgIpc) is 2.40. The third-order valence-corrected chi connectivity index (χ3v) is 3.21. The summed E-state index contributed by atoms with van der Waals surface area (Å²) in [5, 5.41) is 14.0. The van der Waals surface area contributed by atoms with Crippen LogP contribution in [0.3, 0.4) is 0 Å². The molecule has 1 aromatic rings. The maximum Gasteiger partial charge on any atom is 0.322 e. The molecule has 0 fully saturated rings. The summed E-state index contributed by atoms with van der Waals surface area (Å²) in [6, 6.07) is 4.68. The molecule has 0 aliphatic heterocycles. The number of nitrogens with one attached hydrogen (secondary N) is 2. The van der Waals surface area contributed by atoms with E-state index in [1.165, 1.54) is 11.0 Å². The highest BCUT2D eigenvalue weighted by molar-refractivity contribution is 6.42. The lowest BCUT2D eigenvalue weighted by molar-refractivity contribution is -0.138. The van der Waals surface area contributed by atoms with E-state index in [9.17, 15) is 14.4 Å². The molecule has 0 aliphatic rings. The number of carboxylic acids is 1. The van der Waals surface area contributed by atoms with Gasteiger partial charge in [0.2, 0.25) is 11.8 Å². The number of rotatable bonds is 7. The molecule has 0 aromatic heterocycles. The number of carbonyl (C=O) groups is 3. The smallest absolute Gasteiger partial charge is 0.322 e. The number of benzene rings is 1. The summed E-state index contributed by atoms with van der Waals surface area (Å²) in [6.07, 6.45) is 0. The summed E-state index contributed by atoms with van der Waals surface area (Å²) in [7, 11) is 1.56. The second kappa shape index (κ2) is 10.3. The van der Waals surface area contributed by atoms with Crippen molar-refractivity contribution in [3.8, 4) is 0 Å². The number of halogens is 3. The van der Waals surface area contributed by atoms with Crippen LogP contribution < -0.4 is 10.6 Å². The fourth-order valence-corrected chi connectivity index (χ4v) is 1.85. The molecule has 0 heterocycles. The lowest BCUT2D eigenvalue weighted by atomic mass is 10.3. The third-order valence-electron chi connectivity index (χ3n) is 2.47. The average molecular weight is 385 g/mol. The Hall–Kier alpha value is -1.54. The number of nitrogens with zero attached hydrogens (tertiary/aromatic N) is 1. The lowest BCUT2D eigenvalue weighted by Gasteiger charge is -2.15. The number of aliphatic carboxylic acids is 1. The maximum atomic E-state index is 11.8. The van der Waals surface area contributed by atoms with Crippen LogP contribution in [0.25, 0.3) is 0 Å². The van der Waals surface area contributed by atoms with Gasteiger partial charge in [0.1, 0.15) is 6.54 Å².